The summed E-state index contributed by atoms with van der Waals surface area (Å²) in [6.07, 6.45) is 3.58. The summed E-state index contributed by atoms with van der Waals surface area (Å²) in [6.45, 7) is 7.86. The van der Waals surface area contributed by atoms with Gasteiger partial charge in [0.1, 0.15) is 5.60 Å². The number of aromatic nitrogens is 2. The fourth-order valence-corrected chi connectivity index (χ4v) is 2.04. The van der Waals surface area contributed by atoms with Gasteiger partial charge in [-0.05, 0) is 51.3 Å². The van der Waals surface area contributed by atoms with Crippen LogP contribution in [0.25, 0.3) is 5.57 Å². The Morgan fingerprint density at radius 2 is 2.05 bits per heavy atom. The third-order valence-corrected chi connectivity index (χ3v) is 3.25. The molecule has 1 rings (SSSR count). The van der Waals surface area contributed by atoms with Crippen LogP contribution in [-0.2, 0) is 4.74 Å². The summed E-state index contributed by atoms with van der Waals surface area (Å²) >= 11 is 11.9. The van der Waals surface area contributed by atoms with Crippen LogP contribution >= 0.6 is 23.2 Å². The third kappa shape index (κ3) is 5.81. The Hall–Kier alpha value is -1.33. The van der Waals surface area contributed by atoms with Crippen molar-refractivity contribution in [1.29, 1.82) is 0 Å². The number of carbonyl (C=O) groups is 1. The van der Waals surface area contributed by atoms with E-state index in [0.29, 0.717) is 23.7 Å². The Morgan fingerprint density at radius 3 is 2.59 bits per heavy atom. The maximum Gasteiger partial charge on any atom is 0.410 e. The van der Waals surface area contributed by atoms with Crippen LogP contribution in [0.15, 0.2) is 12.3 Å². The van der Waals surface area contributed by atoms with E-state index in [-0.39, 0.29) is 11.4 Å². The topological polar surface area (TPSA) is 55.3 Å². The van der Waals surface area contributed by atoms with Crippen LogP contribution in [0.5, 0.6) is 0 Å². The molecule has 0 spiro atoms. The standard InChI is InChI=1S/C15H21Cl2N3O2/c1-6-10(12-11(16)9-18-13(17)19-12)7-8-20(5)14(21)22-15(2,3)4/h6,9H,7-8H2,1-5H3/b10-6+. The summed E-state index contributed by atoms with van der Waals surface area (Å²) in [4.78, 5) is 21.4. The summed E-state index contributed by atoms with van der Waals surface area (Å²) in [5, 5.41) is 0.566. The monoisotopic (exact) mass is 345 g/mol. The molecule has 0 bridgehead atoms. The Bertz CT molecular complexity index is 568. The Kier molecular flexibility index (Phi) is 6.63. The minimum atomic E-state index is -0.516. The predicted molar refractivity (Wildman–Crippen MR) is 89.2 cm³/mol. The SMILES string of the molecule is C/C=C(\CCN(C)C(=O)OC(C)(C)C)c1nc(Cl)ncc1Cl. The highest BCUT2D eigenvalue weighted by Gasteiger charge is 2.20. The van der Waals surface area contributed by atoms with E-state index in [1.54, 1.807) is 7.05 Å². The Balaban J connectivity index is 2.73. The molecule has 1 aromatic heterocycles. The summed E-state index contributed by atoms with van der Waals surface area (Å²) in [5.41, 5.74) is 0.963. The maximum atomic E-state index is 11.9. The van der Waals surface area contributed by atoms with Gasteiger partial charge in [0.25, 0.3) is 0 Å². The highest BCUT2D eigenvalue weighted by molar-refractivity contribution is 6.32. The first-order chi connectivity index (χ1) is 10.1. The average molecular weight is 346 g/mol. The molecule has 0 unspecified atom stereocenters. The number of nitrogens with zero attached hydrogens (tertiary/aromatic N) is 3. The van der Waals surface area contributed by atoms with Gasteiger partial charge in [0.2, 0.25) is 5.28 Å². The van der Waals surface area contributed by atoms with Crippen LogP contribution in [-0.4, -0.2) is 40.2 Å². The minimum absolute atomic E-state index is 0.138. The van der Waals surface area contributed by atoms with Crippen LogP contribution in [0.4, 0.5) is 4.79 Å². The molecular formula is C15H21Cl2N3O2. The van der Waals surface area contributed by atoms with Gasteiger partial charge in [-0.25, -0.2) is 14.8 Å². The second kappa shape index (κ2) is 7.79. The van der Waals surface area contributed by atoms with Crippen LogP contribution in [0.1, 0.15) is 39.8 Å². The lowest BCUT2D eigenvalue weighted by molar-refractivity contribution is 0.0302. The normalized spacial score (nSPS) is 12.2. The van der Waals surface area contributed by atoms with E-state index in [4.69, 9.17) is 27.9 Å². The molecule has 122 valence electrons. The largest absolute Gasteiger partial charge is 0.444 e. The average Bonchev–Trinajstić information content (AvgIpc) is 2.41. The number of rotatable bonds is 4. The van der Waals surface area contributed by atoms with Crippen molar-refractivity contribution in [2.24, 2.45) is 0 Å². The highest BCUT2D eigenvalue weighted by Crippen LogP contribution is 2.25. The fourth-order valence-electron chi connectivity index (χ4n) is 1.69. The summed E-state index contributed by atoms with van der Waals surface area (Å²) in [7, 11) is 1.69. The van der Waals surface area contributed by atoms with Gasteiger partial charge >= 0.3 is 6.09 Å². The van der Waals surface area contributed by atoms with Crippen molar-refractivity contribution in [2.45, 2.75) is 39.7 Å². The first kappa shape index (κ1) is 18.7. The number of ether oxygens (including phenoxy) is 1. The molecule has 0 aliphatic rings. The highest BCUT2D eigenvalue weighted by atomic mass is 35.5. The van der Waals surface area contributed by atoms with E-state index >= 15 is 0 Å². The predicted octanol–water partition coefficient (Wildman–Crippen LogP) is 4.44. The molecule has 0 fully saturated rings. The first-order valence-electron chi connectivity index (χ1n) is 6.91. The van der Waals surface area contributed by atoms with Crippen LogP contribution in [0, 0.1) is 0 Å². The van der Waals surface area contributed by atoms with Gasteiger partial charge in [-0.1, -0.05) is 17.7 Å². The zero-order valence-electron chi connectivity index (χ0n) is 13.5. The number of halogens is 2. The maximum absolute atomic E-state index is 11.9. The van der Waals surface area contributed by atoms with E-state index in [1.165, 1.54) is 11.1 Å². The van der Waals surface area contributed by atoms with E-state index in [1.807, 2.05) is 33.8 Å². The van der Waals surface area contributed by atoms with Crippen molar-refractivity contribution in [3.63, 3.8) is 0 Å². The lowest BCUT2D eigenvalue weighted by Crippen LogP contribution is -2.34. The van der Waals surface area contributed by atoms with Gasteiger partial charge in [0, 0.05) is 13.6 Å². The zero-order valence-corrected chi connectivity index (χ0v) is 15.0. The number of carbonyl (C=O) groups excluding carboxylic acids is 1. The summed E-state index contributed by atoms with van der Waals surface area (Å²) in [6, 6.07) is 0. The van der Waals surface area contributed by atoms with Gasteiger partial charge in [-0.15, -0.1) is 0 Å². The molecule has 1 aromatic rings. The number of hydrogen-bond donors (Lipinski definition) is 0. The van der Waals surface area contributed by atoms with E-state index in [2.05, 4.69) is 9.97 Å². The Labute approximate surface area is 141 Å². The molecule has 0 N–H and O–H groups in total. The molecular weight excluding hydrogens is 325 g/mol. The second-order valence-electron chi connectivity index (χ2n) is 5.80. The van der Waals surface area contributed by atoms with Gasteiger partial charge in [-0.2, -0.15) is 0 Å². The van der Waals surface area contributed by atoms with Crippen molar-refractivity contribution < 1.29 is 9.53 Å². The van der Waals surface area contributed by atoms with E-state index in [9.17, 15) is 4.79 Å². The molecule has 0 atom stereocenters. The summed E-state index contributed by atoms with van der Waals surface area (Å²) in [5.74, 6) is 0. The zero-order chi connectivity index (χ0) is 16.9. The molecule has 0 aliphatic carbocycles. The number of allylic oxidation sites excluding steroid dienone is 1. The van der Waals surface area contributed by atoms with Crippen LogP contribution in [0.2, 0.25) is 10.3 Å². The molecule has 0 aromatic carbocycles. The molecule has 1 amide bonds. The molecule has 0 aliphatic heterocycles. The van der Waals surface area contributed by atoms with Crippen molar-refractivity contribution in [3.05, 3.63) is 28.3 Å². The molecule has 5 nitrogen and oxygen atoms in total. The van der Waals surface area contributed by atoms with Crippen molar-refractivity contribution in [2.75, 3.05) is 13.6 Å². The van der Waals surface area contributed by atoms with Gasteiger partial charge in [0.15, 0.2) is 0 Å². The number of hydrogen-bond acceptors (Lipinski definition) is 4. The molecule has 22 heavy (non-hydrogen) atoms. The lowest BCUT2D eigenvalue weighted by atomic mass is 10.1. The molecule has 0 saturated heterocycles. The van der Waals surface area contributed by atoms with Gasteiger partial charge in [0.05, 0.1) is 16.9 Å². The number of amides is 1. The fraction of sp³-hybridized carbons (Fsp3) is 0.533. The summed E-state index contributed by atoms with van der Waals surface area (Å²) < 4.78 is 5.31. The third-order valence-electron chi connectivity index (χ3n) is 2.79. The van der Waals surface area contributed by atoms with E-state index in [0.717, 1.165) is 5.57 Å². The van der Waals surface area contributed by atoms with Gasteiger partial charge < -0.3 is 9.64 Å². The molecule has 1 heterocycles. The molecule has 0 radical (unpaired) electrons. The van der Waals surface area contributed by atoms with Crippen LogP contribution in [0.3, 0.4) is 0 Å². The minimum Gasteiger partial charge on any atom is -0.444 e. The Morgan fingerprint density at radius 1 is 1.41 bits per heavy atom. The van der Waals surface area contributed by atoms with Crippen molar-refractivity contribution >= 4 is 34.9 Å². The van der Waals surface area contributed by atoms with Crippen molar-refractivity contribution in [3.8, 4) is 0 Å². The molecule has 0 saturated carbocycles. The second-order valence-corrected chi connectivity index (χ2v) is 6.55. The van der Waals surface area contributed by atoms with E-state index < -0.39 is 5.60 Å². The smallest absolute Gasteiger partial charge is 0.410 e. The molecule has 7 heteroatoms. The first-order valence-corrected chi connectivity index (χ1v) is 7.67. The van der Waals surface area contributed by atoms with Crippen LogP contribution < -0.4 is 0 Å². The van der Waals surface area contributed by atoms with Gasteiger partial charge in [-0.3, -0.25) is 0 Å². The lowest BCUT2D eigenvalue weighted by Gasteiger charge is -2.25. The van der Waals surface area contributed by atoms with Crippen molar-refractivity contribution in [1.82, 2.24) is 14.9 Å². The quantitative estimate of drug-likeness (QED) is 0.756.